The lowest BCUT2D eigenvalue weighted by atomic mass is 10.2. The molecular formula is C13H13BrN2O3. The van der Waals surface area contributed by atoms with E-state index in [-0.39, 0.29) is 11.7 Å². The summed E-state index contributed by atoms with van der Waals surface area (Å²) in [6.45, 7) is 2.60. The average molecular weight is 325 g/mol. The Labute approximate surface area is 118 Å². The predicted octanol–water partition coefficient (Wildman–Crippen LogP) is 3.80. The van der Waals surface area contributed by atoms with Crippen molar-refractivity contribution >= 4 is 21.6 Å². The molecule has 0 amide bonds. The second kappa shape index (κ2) is 5.99. The third-order valence-corrected chi connectivity index (χ3v) is 3.55. The zero-order valence-corrected chi connectivity index (χ0v) is 11.9. The molecule has 0 spiro atoms. The number of furan rings is 1. The molecule has 0 aliphatic carbocycles. The number of benzene rings is 1. The number of halogens is 1. The highest BCUT2D eigenvalue weighted by Gasteiger charge is 2.11. The lowest BCUT2D eigenvalue weighted by molar-refractivity contribution is -0.384. The topological polar surface area (TPSA) is 68.3 Å². The number of hydrogen-bond acceptors (Lipinski definition) is 4. The molecule has 100 valence electrons. The van der Waals surface area contributed by atoms with Gasteiger partial charge in [0.25, 0.3) is 5.69 Å². The van der Waals surface area contributed by atoms with E-state index in [4.69, 9.17) is 4.42 Å². The maximum absolute atomic E-state index is 10.6. The number of hydrogen-bond donors (Lipinski definition) is 1. The number of rotatable bonds is 5. The van der Waals surface area contributed by atoms with Gasteiger partial charge in [0.15, 0.2) is 0 Å². The molecule has 1 atom stereocenters. The number of nitrogens with zero attached hydrogens (tertiary/aromatic N) is 1. The van der Waals surface area contributed by atoms with Crippen LogP contribution in [0.1, 0.15) is 24.3 Å². The third kappa shape index (κ3) is 3.42. The van der Waals surface area contributed by atoms with Crippen molar-refractivity contribution in [3.63, 3.8) is 0 Å². The van der Waals surface area contributed by atoms with Crippen molar-refractivity contribution in [1.29, 1.82) is 0 Å². The van der Waals surface area contributed by atoms with Crippen LogP contribution in [-0.4, -0.2) is 4.92 Å². The first-order valence-electron chi connectivity index (χ1n) is 5.77. The highest BCUT2D eigenvalue weighted by atomic mass is 79.9. The molecule has 0 aliphatic heterocycles. The van der Waals surface area contributed by atoms with Crippen molar-refractivity contribution in [3.05, 3.63) is 62.5 Å². The highest BCUT2D eigenvalue weighted by molar-refractivity contribution is 9.10. The molecule has 0 radical (unpaired) electrons. The fraction of sp³-hybridized carbons (Fsp3) is 0.231. The summed E-state index contributed by atoms with van der Waals surface area (Å²) in [7, 11) is 0. The molecule has 1 heterocycles. The van der Waals surface area contributed by atoms with Crippen LogP contribution in [0.5, 0.6) is 0 Å². The summed E-state index contributed by atoms with van der Waals surface area (Å²) in [5.41, 5.74) is 1.04. The Hall–Kier alpha value is -1.66. The summed E-state index contributed by atoms with van der Waals surface area (Å²) in [6, 6.07) is 8.58. The van der Waals surface area contributed by atoms with Gasteiger partial charge in [-0.15, -0.1) is 0 Å². The Bertz CT molecular complexity index is 569. The second-order valence-electron chi connectivity index (χ2n) is 4.15. The lowest BCUT2D eigenvalue weighted by Crippen LogP contribution is -2.17. The smallest absolute Gasteiger partial charge is 0.270 e. The number of nitrogens with one attached hydrogen (secondary N) is 1. The maximum Gasteiger partial charge on any atom is 0.270 e. The molecule has 1 N–H and O–H groups in total. The SMILES string of the molecule is C[C@H](NCc1ccc([N+](=O)[O-])cc1Br)c1ccco1. The standard InChI is InChI=1S/C13H13BrN2O3/c1-9(13-3-2-6-19-13)15-8-10-4-5-11(16(17)18)7-12(10)14/h2-7,9,15H,8H2,1H3/t9-/m0/s1. The first-order valence-corrected chi connectivity index (χ1v) is 6.57. The molecule has 1 aromatic heterocycles. The fourth-order valence-electron chi connectivity index (χ4n) is 1.69. The number of nitro groups is 1. The van der Waals surface area contributed by atoms with Crippen molar-refractivity contribution in [2.24, 2.45) is 0 Å². The van der Waals surface area contributed by atoms with Gasteiger partial charge in [0.05, 0.1) is 17.2 Å². The Morgan fingerprint density at radius 1 is 1.47 bits per heavy atom. The van der Waals surface area contributed by atoms with Gasteiger partial charge in [0.1, 0.15) is 5.76 Å². The summed E-state index contributed by atoms with van der Waals surface area (Å²) in [5, 5.41) is 13.9. The van der Waals surface area contributed by atoms with Gasteiger partial charge in [0.2, 0.25) is 0 Å². The van der Waals surface area contributed by atoms with Crippen LogP contribution in [0.25, 0.3) is 0 Å². The third-order valence-electron chi connectivity index (χ3n) is 2.82. The van der Waals surface area contributed by atoms with Crippen LogP contribution in [0.2, 0.25) is 0 Å². The molecule has 0 fully saturated rings. The van der Waals surface area contributed by atoms with Crippen LogP contribution in [0.4, 0.5) is 5.69 Å². The van der Waals surface area contributed by atoms with Gasteiger partial charge in [-0.05, 0) is 30.7 Å². The molecule has 2 rings (SSSR count). The number of non-ortho nitro benzene ring substituents is 1. The quantitative estimate of drug-likeness (QED) is 0.670. The Morgan fingerprint density at radius 2 is 2.26 bits per heavy atom. The minimum atomic E-state index is -0.409. The van der Waals surface area contributed by atoms with Crippen molar-refractivity contribution in [1.82, 2.24) is 5.32 Å². The summed E-state index contributed by atoms with van der Waals surface area (Å²) in [4.78, 5) is 10.2. The molecular weight excluding hydrogens is 312 g/mol. The van der Waals surface area contributed by atoms with E-state index >= 15 is 0 Å². The minimum Gasteiger partial charge on any atom is -0.468 e. The summed E-state index contributed by atoms with van der Waals surface area (Å²) in [5.74, 6) is 0.859. The second-order valence-corrected chi connectivity index (χ2v) is 5.01. The van der Waals surface area contributed by atoms with Gasteiger partial charge >= 0.3 is 0 Å². The van der Waals surface area contributed by atoms with Gasteiger partial charge in [-0.1, -0.05) is 15.9 Å². The Kier molecular flexibility index (Phi) is 4.34. The summed E-state index contributed by atoms with van der Waals surface area (Å²) in [6.07, 6.45) is 1.63. The largest absolute Gasteiger partial charge is 0.468 e. The van der Waals surface area contributed by atoms with Crippen LogP contribution in [0.3, 0.4) is 0 Å². The van der Waals surface area contributed by atoms with E-state index in [0.29, 0.717) is 6.54 Å². The van der Waals surface area contributed by atoms with Gasteiger partial charge < -0.3 is 9.73 Å². The van der Waals surface area contributed by atoms with E-state index in [2.05, 4.69) is 21.2 Å². The summed E-state index contributed by atoms with van der Waals surface area (Å²) < 4.78 is 6.02. The van der Waals surface area contributed by atoms with Gasteiger partial charge in [-0.2, -0.15) is 0 Å². The van der Waals surface area contributed by atoms with Crippen molar-refractivity contribution in [2.45, 2.75) is 19.5 Å². The van der Waals surface area contributed by atoms with Crippen molar-refractivity contribution in [3.8, 4) is 0 Å². The molecule has 0 bridgehead atoms. The van der Waals surface area contributed by atoms with E-state index in [1.54, 1.807) is 12.3 Å². The molecule has 0 saturated carbocycles. The Morgan fingerprint density at radius 3 is 2.84 bits per heavy atom. The van der Waals surface area contributed by atoms with E-state index in [0.717, 1.165) is 15.8 Å². The number of nitro benzene ring substituents is 1. The van der Waals surface area contributed by atoms with Gasteiger partial charge in [0, 0.05) is 23.2 Å². The van der Waals surface area contributed by atoms with Gasteiger partial charge in [-0.3, -0.25) is 10.1 Å². The molecule has 0 unspecified atom stereocenters. The fourth-order valence-corrected chi connectivity index (χ4v) is 2.20. The molecule has 0 saturated heterocycles. The van der Waals surface area contributed by atoms with Crippen LogP contribution < -0.4 is 5.32 Å². The molecule has 19 heavy (non-hydrogen) atoms. The first-order chi connectivity index (χ1) is 9.08. The van der Waals surface area contributed by atoms with E-state index in [9.17, 15) is 10.1 Å². The summed E-state index contributed by atoms with van der Waals surface area (Å²) >= 11 is 3.35. The maximum atomic E-state index is 10.6. The van der Waals surface area contributed by atoms with E-state index in [1.165, 1.54) is 12.1 Å². The first kappa shape index (κ1) is 13.8. The molecule has 6 heteroatoms. The van der Waals surface area contributed by atoms with Crippen molar-refractivity contribution in [2.75, 3.05) is 0 Å². The zero-order valence-electron chi connectivity index (χ0n) is 10.3. The predicted molar refractivity (Wildman–Crippen MR) is 74.8 cm³/mol. The van der Waals surface area contributed by atoms with E-state index in [1.807, 2.05) is 19.1 Å². The molecule has 0 aliphatic rings. The minimum absolute atomic E-state index is 0.0784. The van der Waals surface area contributed by atoms with E-state index < -0.39 is 4.92 Å². The van der Waals surface area contributed by atoms with Crippen LogP contribution in [0, 0.1) is 10.1 Å². The molecule has 5 nitrogen and oxygen atoms in total. The van der Waals surface area contributed by atoms with Gasteiger partial charge in [-0.25, -0.2) is 0 Å². The van der Waals surface area contributed by atoms with Crippen LogP contribution in [0.15, 0.2) is 45.5 Å². The molecule has 2 aromatic rings. The lowest BCUT2D eigenvalue weighted by Gasteiger charge is -2.12. The average Bonchev–Trinajstić information content (AvgIpc) is 2.90. The van der Waals surface area contributed by atoms with Crippen molar-refractivity contribution < 1.29 is 9.34 Å². The normalized spacial score (nSPS) is 12.3. The zero-order chi connectivity index (χ0) is 13.8. The Balaban J connectivity index is 2.02. The highest BCUT2D eigenvalue weighted by Crippen LogP contribution is 2.23. The van der Waals surface area contributed by atoms with Crippen LogP contribution >= 0.6 is 15.9 Å². The van der Waals surface area contributed by atoms with Crippen LogP contribution in [-0.2, 0) is 6.54 Å². The molecule has 1 aromatic carbocycles. The monoisotopic (exact) mass is 324 g/mol.